The molecule has 9 nitrogen and oxygen atoms in total. The van der Waals surface area contributed by atoms with E-state index in [4.69, 9.17) is 21.8 Å². The van der Waals surface area contributed by atoms with Gasteiger partial charge in [-0.05, 0) is 30.3 Å². The molecule has 1 aliphatic rings. The van der Waals surface area contributed by atoms with Crippen LogP contribution in [0, 0.1) is 0 Å². The van der Waals surface area contributed by atoms with Gasteiger partial charge in [0.15, 0.2) is 0 Å². The molecule has 3 rings (SSSR count). The number of carboxylic acids is 2. The average Bonchev–Trinajstić information content (AvgIpc) is 2.90. The minimum absolute atomic E-state index is 0.156. The topological polar surface area (TPSA) is 144 Å². The summed E-state index contributed by atoms with van der Waals surface area (Å²) in [6, 6.07) is 6.18. The first-order valence-corrected chi connectivity index (χ1v) is 8.28. The quantitative estimate of drug-likeness (QED) is 0.438. The molecule has 1 heterocycles. The van der Waals surface area contributed by atoms with Crippen molar-refractivity contribution in [2.75, 3.05) is 10.2 Å². The first-order chi connectivity index (χ1) is 13.2. The second-order valence-corrected chi connectivity index (χ2v) is 6.45. The Morgan fingerprint density at radius 3 is 2.18 bits per heavy atom. The van der Waals surface area contributed by atoms with Crippen molar-refractivity contribution in [3.05, 3.63) is 52.5 Å². The number of imide groups is 1. The highest BCUT2D eigenvalue weighted by Gasteiger charge is 2.40. The molecule has 0 aliphatic carbocycles. The minimum Gasteiger partial charge on any atom is -0.506 e. The first-order valence-electron chi connectivity index (χ1n) is 7.91. The summed E-state index contributed by atoms with van der Waals surface area (Å²) < 4.78 is 0. The maximum Gasteiger partial charge on any atom is 0.335 e. The molecule has 144 valence electrons. The van der Waals surface area contributed by atoms with Crippen molar-refractivity contribution in [1.82, 2.24) is 0 Å². The van der Waals surface area contributed by atoms with E-state index in [9.17, 15) is 24.3 Å². The molecule has 0 aromatic heterocycles. The lowest BCUT2D eigenvalue weighted by Crippen LogP contribution is -2.35. The Morgan fingerprint density at radius 2 is 1.64 bits per heavy atom. The molecule has 0 saturated carbocycles. The van der Waals surface area contributed by atoms with Crippen LogP contribution in [0.25, 0.3) is 0 Å². The van der Waals surface area contributed by atoms with Crippen LogP contribution in [0.4, 0.5) is 11.4 Å². The molecule has 1 atom stereocenters. The number of carbonyl (C=O) groups excluding carboxylic acids is 2. The Labute approximate surface area is 162 Å². The van der Waals surface area contributed by atoms with Gasteiger partial charge in [-0.3, -0.25) is 9.59 Å². The molecule has 0 radical (unpaired) electrons. The van der Waals surface area contributed by atoms with Gasteiger partial charge in [-0.1, -0.05) is 11.6 Å². The Hall–Kier alpha value is -3.59. The number of nitrogens with zero attached hydrogens (tertiary/aromatic N) is 1. The number of halogens is 1. The molecule has 1 unspecified atom stereocenters. The number of anilines is 2. The zero-order chi connectivity index (χ0) is 20.6. The van der Waals surface area contributed by atoms with Crippen LogP contribution in [0.2, 0.25) is 5.02 Å². The first kappa shape index (κ1) is 19.2. The maximum atomic E-state index is 12.7. The second kappa shape index (κ2) is 7.20. The van der Waals surface area contributed by atoms with Gasteiger partial charge < -0.3 is 20.6 Å². The number of carboxylic acid groups (broad SMARTS) is 2. The number of benzene rings is 2. The largest absolute Gasteiger partial charge is 0.506 e. The standard InChI is InChI=1S/C18H13ClN2O7/c19-10-1-2-12(14(22)6-10)20-13-7-15(23)21(16(13)24)11-4-8(17(25)26)3-9(5-11)18(27)28/h1-6,13,20,22H,7H2,(H,25,26)(H,27,28). The van der Waals surface area contributed by atoms with Crippen molar-refractivity contribution in [1.29, 1.82) is 0 Å². The highest BCUT2D eigenvalue weighted by molar-refractivity contribution is 6.30. The van der Waals surface area contributed by atoms with Gasteiger partial charge in [-0.15, -0.1) is 0 Å². The third-order valence-electron chi connectivity index (χ3n) is 4.11. The minimum atomic E-state index is -1.40. The van der Waals surface area contributed by atoms with Gasteiger partial charge in [0.1, 0.15) is 11.8 Å². The van der Waals surface area contributed by atoms with E-state index < -0.39 is 29.8 Å². The Kier molecular flexibility index (Phi) is 4.93. The maximum absolute atomic E-state index is 12.7. The molecule has 10 heteroatoms. The predicted molar refractivity (Wildman–Crippen MR) is 98.0 cm³/mol. The fourth-order valence-corrected chi connectivity index (χ4v) is 2.98. The molecular weight excluding hydrogens is 392 g/mol. The number of phenols is 1. The number of aromatic hydroxyl groups is 1. The zero-order valence-corrected chi connectivity index (χ0v) is 14.8. The molecular formula is C18H13ClN2O7. The smallest absolute Gasteiger partial charge is 0.335 e. The van der Waals surface area contributed by atoms with Crippen LogP contribution in [-0.2, 0) is 9.59 Å². The van der Waals surface area contributed by atoms with Crippen LogP contribution in [-0.4, -0.2) is 45.1 Å². The molecule has 2 amide bonds. The van der Waals surface area contributed by atoms with Crippen LogP contribution >= 0.6 is 11.6 Å². The summed E-state index contributed by atoms with van der Waals surface area (Å²) in [6.07, 6.45) is -0.263. The Morgan fingerprint density at radius 1 is 1.04 bits per heavy atom. The van der Waals surface area contributed by atoms with Gasteiger partial charge in [-0.2, -0.15) is 0 Å². The average molecular weight is 405 g/mol. The Bertz CT molecular complexity index is 989. The van der Waals surface area contributed by atoms with Crippen molar-refractivity contribution < 1.29 is 34.5 Å². The molecule has 1 fully saturated rings. The van der Waals surface area contributed by atoms with Crippen molar-refractivity contribution in [3.8, 4) is 5.75 Å². The van der Waals surface area contributed by atoms with E-state index in [1.54, 1.807) is 0 Å². The fourth-order valence-electron chi connectivity index (χ4n) is 2.82. The number of nitrogens with one attached hydrogen (secondary N) is 1. The number of amides is 2. The lowest BCUT2D eigenvalue weighted by molar-refractivity contribution is -0.121. The predicted octanol–water partition coefficient (Wildman–Crippen LogP) is 2.19. The van der Waals surface area contributed by atoms with Crippen molar-refractivity contribution in [2.24, 2.45) is 0 Å². The van der Waals surface area contributed by atoms with Crippen LogP contribution in [0.5, 0.6) is 5.75 Å². The number of rotatable bonds is 5. The van der Waals surface area contributed by atoms with Crippen LogP contribution in [0.1, 0.15) is 27.1 Å². The van der Waals surface area contributed by atoms with Gasteiger partial charge >= 0.3 is 11.9 Å². The molecule has 4 N–H and O–H groups in total. The molecule has 0 spiro atoms. The van der Waals surface area contributed by atoms with E-state index in [1.165, 1.54) is 18.2 Å². The van der Waals surface area contributed by atoms with Crippen molar-refractivity contribution in [3.63, 3.8) is 0 Å². The summed E-state index contributed by atoms with van der Waals surface area (Å²) in [7, 11) is 0. The lowest BCUT2D eigenvalue weighted by atomic mass is 10.1. The van der Waals surface area contributed by atoms with E-state index in [0.29, 0.717) is 0 Å². The number of carbonyl (C=O) groups is 4. The van der Waals surface area contributed by atoms with Crippen molar-refractivity contribution >= 4 is 46.7 Å². The molecule has 1 saturated heterocycles. The van der Waals surface area contributed by atoms with Crippen LogP contribution in [0.15, 0.2) is 36.4 Å². The molecule has 2 aromatic carbocycles. The van der Waals surface area contributed by atoms with Gasteiger partial charge in [0.25, 0.3) is 5.91 Å². The normalized spacial score (nSPS) is 16.3. The number of hydrogen-bond acceptors (Lipinski definition) is 6. The van der Waals surface area contributed by atoms with Crippen LogP contribution in [0.3, 0.4) is 0 Å². The number of hydrogen-bond donors (Lipinski definition) is 4. The highest BCUT2D eigenvalue weighted by atomic mass is 35.5. The Balaban J connectivity index is 1.93. The summed E-state index contributed by atoms with van der Waals surface area (Å²) in [4.78, 5) is 48.3. The highest BCUT2D eigenvalue weighted by Crippen LogP contribution is 2.31. The second-order valence-electron chi connectivity index (χ2n) is 6.01. The van der Waals surface area contributed by atoms with E-state index in [0.717, 1.165) is 23.1 Å². The van der Waals surface area contributed by atoms with Crippen LogP contribution < -0.4 is 10.2 Å². The summed E-state index contributed by atoms with van der Waals surface area (Å²) >= 11 is 5.76. The third kappa shape index (κ3) is 3.60. The molecule has 28 heavy (non-hydrogen) atoms. The van der Waals surface area contributed by atoms with Crippen molar-refractivity contribution in [2.45, 2.75) is 12.5 Å². The number of aromatic carboxylic acids is 2. The summed E-state index contributed by atoms with van der Waals surface area (Å²) in [5.74, 6) is -4.37. The summed E-state index contributed by atoms with van der Waals surface area (Å²) in [5, 5.41) is 31.2. The fraction of sp³-hybridized carbons (Fsp3) is 0.111. The molecule has 0 bridgehead atoms. The van der Waals surface area contributed by atoms with E-state index in [-0.39, 0.29) is 39.7 Å². The zero-order valence-electron chi connectivity index (χ0n) is 14.0. The molecule has 2 aromatic rings. The van der Waals surface area contributed by atoms with E-state index in [1.807, 2.05) is 0 Å². The number of phenolic OH excluding ortho intramolecular Hbond substituents is 1. The summed E-state index contributed by atoms with van der Waals surface area (Å²) in [6.45, 7) is 0. The van der Waals surface area contributed by atoms with Gasteiger partial charge in [0.2, 0.25) is 5.91 Å². The monoisotopic (exact) mass is 404 g/mol. The van der Waals surface area contributed by atoms with Gasteiger partial charge in [-0.25, -0.2) is 14.5 Å². The van der Waals surface area contributed by atoms with Gasteiger partial charge in [0, 0.05) is 11.1 Å². The van der Waals surface area contributed by atoms with E-state index in [2.05, 4.69) is 5.32 Å². The summed E-state index contributed by atoms with van der Waals surface area (Å²) in [5.41, 5.74) is -0.718. The van der Waals surface area contributed by atoms with Gasteiger partial charge in [0.05, 0.1) is 28.9 Å². The SMILES string of the molecule is O=C(O)c1cc(C(=O)O)cc(N2C(=O)CC(Nc3ccc(Cl)cc3O)C2=O)c1. The van der Waals surface area contributed by atoms with E-state index >= 15 is 0 Å². The third-order valence-corrected chi connectivity index (χ3v) is 4.34. The lowest BCUT2D eigenvalue weighted by Gasteiger charge is -2.17. The molecule has 1 aliphatic heterocycles.